The molecule has 0 saturated carbocycles. The van der Waals surface area contributed by atoms with Gasteiger partial charge in [-0.2, -0.15) is 0 Å². The number of carbonyl (C=O) groups is 1. The van der Waals surface area contributed by atoms with E-state index in [1.165, 1.54) is 16.6 Å². The Morgan fingerprint density at radius 2 is 2.10 bits per heavy atom. The van der Waals surface area contributed by atoms with Gasteiger partial charge in [0, 0.05) is 34.5 Å². The lowest BCUT2D eigenvalue weighted by Crippen LogP contribution is -2.42. The van der Waals surface area contributed by atoms with Gasteiger partial charge in [-0.3, -0.25) is 4.79 Å². The van der Waals surface area contributed by atoms with Crippen molar-refractivity contribution in [3.8, 4) is 5.75 Å². The van der Waals surface area contributed by atoms with Crippen molar-refractivity contribution in [1.29, 1.82) is 0 Å². The summed E-state index contributed by atoms with van der Waals surface area (Å²) in [6, 6.07) is 6.27. The number of aromatic nitrogens is 1. The SMILES string of the molecule is COc1ccc2[nH]c3c(c2c1)CC(NC(=O)C(C)(C)C)C3. The molecule has 3 rings (SSSR count). The molecule has 0 saturated heterocycles. The molecule has 1 aromatic carbocycles. The zero-order chi connectivity index (χ0) is 15.2. The molecule has 0 fully saturated rings. The maximum Gasteiger partial charge on any atom is 0.225 e. The summed E-state index contributed by atoms with van der Waals surface area (Å²) in [5.41, 5.74) is 3.34. The van der Waals surface area contributed by atoms with E-state index in [1.54, 1.807) is 7.11 Å². The van der Waals surface area contributed by atoms with Crippen LogP contribution in [0.4, 0.5) is 0 Å². The lowest BCUT2D eigenvalue weighted by atomic mass is 9.95. The first kappa shape index (κ1) is 14.0. The largest absolute Gasteiger partial charge is 0.497 e. The molecule has 4 nitrogen and oxygen atoms in total. The van der Waals surface area contributed by atoms with E-state index in [4.69, 9.17) is 4.74 Å². The number of hydrogen-bond acceptors (Lipinski definition) is 2. The Bertz CT molecular complexity index is 695. The van der Waals surface area contributed by atoms with Crippen LogP contribution in [0.5, 0.6) is 5.75 Å². The number of H-pyrrole nitrogens is 1. The van der Waals surface area contributed by atoms with Gasteiger partial charge in [0.15, 0.2) is 0 Å². The van der Waals surface area contributed by atoms with E-state index >= 15 is 0 Å². The topological polar surface area (TPSA) is 54.1 Å². The number of aromatic amines is 1. The number of hydrogen-bond donors (Lipinski definition) is 2. The Balaban J connectivity index is 1.83. The van der Waals surface area contributed by atoms with Gasteiger partial charge in [0.1, 0.15) is 5.75 Å². The number of rotatable bonds is 2. The van der Waals surface area contributed by atoms with Gasteiger partial charge in [0.25, 0.3) is 0 Å². The number of methoxy groups -OCH3 is 1. The second-order valence-electron chi connectivity index (χ2n) is 6.82. The maximum absolute atomic E-state index is 12.1. The maximum atomic E-state index is 12.1. The second-order valence-corrected chi connectivity index (χ2v) is 6.82. The Morgan fingerprint density at radius 1 is 1.33 bits per heavy atom. The van der Waals surface area contributed by atoms with E-state index in [1.807, 2.05) is 26.8 Å². The molecular weight excluding hydrogens is 264 g/mol. The van der Waals surface area contributed by atoms with E-state index in [2.05, 4.69) is 22.4 Å². The minimum absolute atomic E-state index is 0.111. The number of carbonyl (C=O) groups excluding carboxylic acids is 1. The molecule has 2 N–H and O–H groups in total. The van der Waals surface area contributed by atoms with Crippen LogP contribution >= 0.6 is 0 Å². The van der Waals surface area contributed by atoms with Crippen molar-refractivity contribution < 1.29 is 9.53 Å². The molecule has 4 heteroatoms. The fraction of sp³-hybridized carbons (Fsp3) is 0.471. The summed E-state index contributed by atoms with van der Waals surface area (Å²) in [5.74, 6) is 0.978. The van der Waals surface area contributed by atoms with Crippen LogP contribution in [0.15, 0.2) is 18.2 Å². The van der Waals surface area contributed by atoms with Crippen molar-refractivity contribution in [2.45, 2.75) is 39.7 Å². The Morgan fingerprint density at radius 3 is 2.76 bits per heavy atom. The molecule has 1 unspecified atom stereocenters. The van der Waals surface area contributed by atoms with Crippen LogP contribution in [0.2, 0.25) is 0 Å². The van der Waals surface area contributed by atoms with Gasteiger partial charge in [-0.1, -0.05) is 20.8 Å². The van der Waals surface area contributed by atoms with Crippen LogP contribution in [0.25, 0.3) is 10.9 Å². The zero-order valence-electron chi connectivity index (χ0n) is 13.0. The first-order chi connectivity index (χ1) is 9.88. The van der Waals surface area contributed by atoms with Crippen molar-refractivity contribution in [2.75, 3.05) is 7.11 Å². The number of amides is 1. The van der Waals surface area contributed by atoms with Crippen LogP contribution in [0, 0.1) is 5.41 Å². The number of fused-ring (bicyclic) bond motifs is 3. The smallest absolute Gasteiger partial charge is 0.225 e. The van der Waals surface area contributed by atoms with Crippen molar-refractivity contribution in [2.24, 2.45) is 5.41 Å². The summed E-state index contributed by atoms with van der Waals surface area (Å²) in [6.45, 7) is 5.82. The van der Waals surface area contributed by atoms with Crippen molar-refractivity contribution in [1.82, 2.24) is 10.3 Å². The molecule has 1 heterocycles. The predicted molar refractivity (Wildman–Crippen MR) is 83.6 cm³/mol. The highest BCUT2D eigenvalue weighted by Crippen LogP contribution is 2.32. The van der Waals surface area contributed by atoms with E-state index in [-0.39, 0.29) is 17.4 Å². The molecule has 1 aliphatic carbocycles. The van der Waals surface area contributed by atoms with Crippen LogP contribution < -0.4 is 10.1 Å². The summed E-state index contributed by atoms with van der Waals surface area (Å²) in [4.78, 5) is 15.6. The molecule has 0 spiro atoms. The normalized spacial score (nSPS) is 17.8. The molecule has 0 radical (unpaired) electrons. The van der Waals surface area contributed by atoms with Gasteiger partial charge < -0.3 is 15.0 Å². The third-order valence-electron chi connectivity index (χ3n) is 4.12. The van der Waals surface area contributed by atoms with Gasteiger partial charge in [-0.15, -0.1) is 0 Å². The average Bonchev–Trinajstić information content (AvgIpc) is 2.94. The van der Waals surface area contributed by atoms with Crippen molar-refractivity contribution in [3.05, 3.63) is 29.5 Å². The minimum atomic E-state index is -0.346. The Hall–Kier alpha value is -1.97. The van der Waals surface area contributed by atoms with Gasteiger partial charge in [0.2, 0.25) is 5.91 Å². The fourth-order valence-electron chi connectivity index (χ4n) is 2.89. The molecule has 1 amide bonds. The fourth-order valence-corrected chi connectivity index (χ4v) is 2.89. The first-order valence-electron chi connectivity index (χ1n) is 7.37. The monoisotopic (exact) mass is 286 g/mol. The van der Waals surface area contributed by atoms with E-state index < -0.39 is 0 Å². The quantitative estimate of drug-likeness (QED) is 0.892. The molecule has 1 atom stereocenters. The van der Waals surface area contributed by atoms with Gasteiger partial charge in [-0.05, 0) is 30.2 Å². The van der Waals surface area contributed by atoms with Crippen molar-refractivity contribution in [3.63, 3.8) is 0 Å². The van der Waals surface area contributed by atoms with Gasteiger partial charge in [-0.25, -0.2) is 0 Å². The van der Waals surface area contributed by atoms with Crippen molar-refractivity contribution >= 4 is 16.8 Å². The summed E-state index contributed by atoms with van der Waals surface area (Å²) in [5, 5.41) is 4.36. The third kappa shape index (κ3) is 2.50. The number of benzene rings is 1. The van der Waals surface area contributed by atoms with Crippen LogP contribution in [0.3, 0.4) is 0 Å². The van der Waals surface area contributed by atoms with E-state index in [0.29, 0.717) is 0 Å². The van der Waals surface area contributed by atoms with Gasteiger partial charge >= 0.3 is 0 Å². The standard InChI is InChI=1S/C17H22N2O2/c1-17(2,3)16(20)18-10-7-12-13-9-11(21-4)5-6-14(13)19-15(12)8-10/h5-6,9-10,19H,7-8H2,1-4H3,(H,18,20). The third-order valence-corrected chi connectivity index (χ3v) is 4.12. The number of ether oxygens (including phenoxy) is 1. The molecule has 112 valence electrons. The first-order valence-corrected chi connectivity index (χ1v) is 7.37. The summed E-state index contributed by atoms with van der Waals surface area (Å²) in [6.07, 6.45) is 1.75. The Kier molecular flexibility index (Phi) is 3.19. The van der Waals surface area contributed by atoms with Crippen LogP contribution in [-0.4, -0.2) is 24.0 Å². The summed E-state index contributed by atoms with van der Waals surface area (Å²) >= 11 is 0. The second kappa shape index (κ2) is 4.79. The molecular formula is C17H22N2O2. The molecule has 2 aromatic rings. The number of nitrogens with one attached hydrogen (secondary N) is 2. The zero-order valence-corrected chi connectivity index (χ0v) is 13.0. The summed E-state index contributed by atoms with van der Waals surface area (Å²) < 4.78 is 5.30. The lowest BCUT2D eigenvalue weighted by molar-refractivity contribution is -0.129. The molecule has 1 aliphatic rings. The molecule has 0 bridgehead atoms. The van der Waals surface area contributed by atoms with Crippen LogP contribution in [-0.2, 0) is 17.6 Å². The predicted octanol–water partition coefficient (Wildman–Crippen LogP) is 2.81. The highest BCUT2D eigenvalue weighted by molar-refractivity contribution is 5.87. The average molecular weight is 286 g/mol. The highest BCUT2D eigenvalue weighted by Gasteiger charge is 2.30. The lowest BCUT2D eigenvalue weighted by Gasteiger charge is -2.21. The molecule has 0 aliphatic heterocycles. The minimum Gasteiger partial charge on any atom is -0.497 e. The van der Waals surface area contributed by atoms with Gasteiger partial charge in [0.05, 0.1) is 7.11 Å². The summed E-state index contributed by atoms with van der Waals surface area (Å²) in [7, 11) is 1.68. The molecule has 1 aromatic heterocycles. The highest BCUT2D eigenvalue weighted by atomic mass is 16.5. The molecule has 21 heavy (non-hydrogen) atoms. The van der Waals surface area contributed by atoms with Crippen LogP contribution in [0.1, 0.15) is 32.0 Å². The Labute approximate surface area is 124 Å². The van der Waals surface area contributed by atoms with E-state index in [9.17, 15) is 4.79 Å². The van der Waals surface area contributed by atoms with E-state index in [0.717, 1.165) is 24.1 Å².